The van der Waals surface area contributed by atoms with Gasteiger partial charge < -0.3 is 33.9 Å². The van der Waals surface area contributed by atoms with Crippen LogP contribution in [0.5, 0.6) is 5.75 Å². The number of hydrogen-bond donors (Lipinski definition) is 2. The molecule has 2 N–H and O–H groups in total. The van der Waals surface area contributed by atoms with E-state index in [0.29, 0.717) is 49.5 Å². The molecule has 0 unspecified atom stereocenters. The number of aromatic amines is 1. The first-order valence-corrected chi connectivity index (χ1v) is 19.2. The van der Waals surface area contributed by atoms with Gasteiger partial charge in [-0.25, -0.2) is 13.8 Å². The number of nitrogens with zero attached hydrogens (tertiary/aromatic N) is 6. The van der Waals surface area contributed by atoms with Crippen LogP contribution in [-0.4, -0.2) is 108 Å². The Morgan fingerprint density at radius 1 is 0.981 bits per heavy atom. The molecule has 8 rings (SSSR count). The number of piperidine rings is 2. The van der Waals surface area contributed by atoms with Gasteiger partial charge in [0.2, 0.25) is 0 Å². The van der Waals surface area contributed by atoms with Crippen LogP contribution in [0.2, 0.25) is 0 Å². The predicted octanol–water partition coefficient (Wildman–Crippen LogP) is 4.63. The third-order valence-electron chi connectivity index (χ3n) is 11.4. The number of anilines is 1. The molecule has 14 heteroatoms. The largest absolute Gasteiger partial charge is 0.493 e. The topological polar surface area (TPSA) is 113 Å². The standard InChI is InChI=1S/C39H50F2N8O4/c1-46-37-31(38(45-46)49-12-2-11-42-25-49)4-3-30(36(37)41)27-7-15-48(16-8-27)18-17-47-13-5-26(6-14-47)23-52-29-21-32(40)35-33(22-29)43-34(44-39(35)50)24-53-28-9-19-51-20-10-28/h2-4,12,21-22,26-28,42H,5-11,13-20,23-25H2,1H3,(H,43,44,50). The molecule has 0 bridgehead atoms. The molecule has 4 aromatic rings. The highest BCUT2D eigenvalue weighted by Crippen LogP contribution is 2.36. The normalized spacial score (nSPS) is 20.2. The molecule has 4 aliphatic rings. The number of fused-ring (bicyclic) bond motifs is 2. The Kier molecular flexibility index (Phi) is 11.0. The van der Waals surface area contributed by atoms with Crippen molar-refractivity contribution in [2.45, 2.75) is 57.2 Å². The molecule has 12 nitrogen and oxygen atoms in total. The number of ether oxygens (including phenoxy) is 3. The van der Waals surface area contributed by atoms with Crippen molar-refractivity contribution >= 4 is 27.6 Å². The first-order valence-electron chi connectivity index (χ1n) is 19.2. The van der Waals surface area contributed by atoms with Crippen LogP contribution in [0, 0.1) is 17.6 Å². The van der Waals surface area contributed by atoms with Gasteiger partial charge in [-0.1, -0.05) is 12.1 Å². The number of H-pyrrole nitrogens is 1. The number of halogens is 2. The highest BCUT2D eigenvalue weighted by Gasteiger charge is 2.28. The minimum Gasteiger partial charge on any atom is -0.493 e. The van der Waals surface area contributed by atoms with E-state index in [0.717, 1.165) is 101 Å². The van der Waals surface area contributed by atoms with Crippen LogP contribution in [0.3, 0.4) is 0 Å². The summed E-state index contributed by atoms with van der Waals surface area (Å²) in [5, 5.41) is 8.75. The second-order valence-electron chi connectivity index (χ2n) is 14.9. The fourth-order valence-corrected chi connectivity index (χ4v) is 8.28. The molecule has 53 heavy (non-hydrogen) atoms. The maximum absolute atomic E-state index is 16.0. The van der Waals surface area contributed by atoms with Crippen molar-refractivity contribution in [2.24, 2.45) is 13.0 Å². The number of rotatable bonds is 11. The van der Waals surface area contributed by atoms with Crippen molar-refractivity contribution in [1.82, 2.24) is 34.9 Å². The molecule has 2 aromatic carbocycles. The lowest BCUT2D eigenvalue weighted by Gasteiger charge is -2.36. The quantitative estimate of drug-likeness (QED) is 0.226. The molecule has 0 atom stereocenters. The van der Waals surface area contributed by atoms with Crippen molar-refractivity contribution in [3.63, 3.8) is 0 Å². The van der Waals surface area contributed by atoms with E-state index in [1.807, 2.05) is 36.4 Å². The molecule has 2 aromatic heterocycles. The lowest BCUT2D eigenvalue weighted by Crippen LogP contribution is -2.42. The minimum absolute atomic E-state index is 0.0579. The first-order chi connectivity index (χ1) is 25.9. The Morgan fingerprint density at radius 3 is 2.47 bits per heavy atom. The van der Waals surface area contributed by atoms with Gasteiger partial charge in [0.25, 0.3) is 5.56 Å². The Hall–Kier alpha value is -3.95. The summed E-state index contributed by atoms with van der Waals surface area (Å²) in [5.41, 5.74) is 1.13. The van der Waals surface area contributed by atoms with Crippen LogP contribution in [-0.2, 0) is 23.1 Å². The number of likely N-dealkylation sites (tertiary alicyclic amines) is 2. The van der Waals surface area contributed by atoms with Crippen molar-refractivity contribution in [1.29, 1.82) is 0 Å². The molecule has 3 fully saturated rings. The SMILES string of the molecule is Cn1nc(N2C=CCNC2)c2ccc(C3CCN(CCN4CCC(COc5cc(F)c6c(=O)[nH]c(COC7CCOCC7)nc6c5)CC4)CC3)c(F)c21. The summed E-state index contributed by atoms with van der Waals surface area (Å²) in [6.07, 6.45) is 9.61. The Labute approximate surface area is 308 Å². The number of aromatic nitrogens is 4. The van der Waals surface area contributed by atoms with E-state index >= 15 is 8.78 Å². The maximum Gasteiger partial charge on any atom is 0.261 e. The van der Waals surface area contributed by atoms with E-state index in [4.69, 9.17) is 14.2 Å². The highest BCUT2D eigenvalue weighted by atomic mass is 19.1. The number of benzene rings is 2. The van der Waals surface area contributed by atoms with Gasteiger partial charge in [-0.05, 0) is 88.2 Å². The van der Waals surface area contributed by atoms with Gasteiger partial charge in [0.1, 0.15) is 34.9 Å². The summed E-state index contributed by atoms with van der Waals surface area (Å²) in [5.74, 6) is 1.32. The summed E-state index contributed by atoms with van der Waals surface area (Å²) in [6, 6.07) is 6.95. The monoisotopic (exact) mass is 732 g/mol. The van der Waals surface area contributed by atoms with Gasteiger partial charge in [0.05, 0.1) is 24.9 Å². The van der Waals surface area contributed by atoms with E-state index < -0.39 is 11.4 Å². The molecule has 0 saturated carbocycles. The summed E-state index contributed by atoms with van der Waals surface area (Å²) in [6.45, 7) is 9.35. The minimum atomic E-state index is -0.640. The lowest BCUT2D eigenvalue weighted by atomic mass is 9.88. The van der Waals surface area contributed by atoms with Crippen molar-refractivity contribution in [2.75, 3.05) is 77.2 Å². The Morgan fingerprint density at radius 2 is 1.74 bits per heavy atom. The van der Waals surface area contributed by atoms with E-state index in [2.05, 4.69) is 30.2 Å². The van der Waals surface area contributed by atoms with Gasteiger partial charge in [-0.15, -0.1) is 0 Å². The molecule has 0 radical (unpaired) electrons. The van der Waals surface area contributed by atoms with Crippen molar-refractivity contribution in [3.05, 3.63) is 69.9 Å². The summed E-state index contributed by atoms with van der Waals surface area (Å²) in [7, 11) is 1.83. The van der Waals surface area contributed by atoms with Crippen LogP contribution in [0.15, 0.2) is 41.3 Å². The molecule has 4 aliphatic heterocycles. The van der Waals surface area contributed by atoms with E-state index in [1.54, 1.807) is 10.7 Å². The van der Waals surface area contributed by atoms with Gasteiger partial charge in [0.15, 0.2) is 11.6 Å². The van der Waals surface area contributed by atoms with Crippen LogP contribution in [0.25, 0.3) is 21.8 Å². The molecule has 284 valence electrons. The highest BCUT2D eigenvalue weighted by molar-refractivity contribution is 5.92. The second-order valence-corrected chi connectivity index (χ2v) is 14.9. The van der Waals surface area contributed by atoms with Gasteiger partial charge in [0, 0.05) is 63.6 Å². The zero-order chi connectivity index (χ0) is 36.3. The molecule has 0 amide bonds. The molecule has 6 heterocycles. The zero-order valence-corrected chi connectivity index (χ0v) is 30.5. The van der Waals surface area contributed by atoms with Crippen LogP contribution >= 0.6 is 0 Å². The lowest BCUT2D eigenvalue weighted by molar-refractivity contribution is -0.0408. The average molecular weight is 733 g/mol. The molecule has 3 saturated heterocycles. The first kappa shape index (κ1) is 36.0. The second kappa shape index (κ2) is 16.2. The molecule has 0 aliphatic carbocycles. The molecular formula is C39H50F2N8O4. The van der Waals surface area contributed by atoms with E-state index in [-0.39, 0.29) is 35.3 Å². The van der Waals surface area contributed by atoms with E-state index in [9.17, 15) is 4.79 Å². The van der Waals surface area contributed by atoms with Crippen molar-refractivity contribution in [3.8, 4) is 5.75 Å². The third kappa shape index (κ3) is 8.12. The number of nitrogens with one attached hydrogen (secondary N) is 2. The fraction of sp³-hybridized carbons (Fsp3) is 0.564. The Bertz CT molecular complexity index is 1980. The number of aryl methyl sites for hydroxylation is 1. The van der Waals surface area contributed by atoms with Crippen LogP contribution < -0.4 is 20.5 Å². The summed E-state index contributed by atoms with van der Waals surface area (Å²) in [4.78, 5) is 26.9. The third-order valence-corrected chi connectivity index (χ3v) is 11.4. The smallest absolute Gasteiger partial charge is 0.261 e. The molecule has 0 spiro atoms. The average Bonchev–Trinajstić information content (AvgIpc) is 3.53. The number of hydrogen-bond acceptors (Lipinski definition) is 10. The zero-order valence-electron chi connectivity index (χ0n) is 30.5. The Balaban J connectivity index is 0.786. The van der Waals surface area contributed by atoms with Crippen LogP contribution in [0.1, 0.15) is 55.8 Å². The van der Waals surface area contributed by atoms with Crippen molar-refractivity contribution < 1.29 is 23.0 Å². The molecular weight excluding hydrogens is 682 g/mol. The van der Waals surface area contributed by atoms with E-state index in [1.165, 1.54) is 6.07 Å². The maximum atomic E-state index is 16.0. The van der Waals surface area contributed by atoms with Gasteiger partial charge >= 0.3 is 0 Å². The van der Waals surface area contributed by atoms with Gasteiger partial charge in [-0.3, -0.25) is 14.8 Å². The predicted molar refractivity (Wildman–Crippen MR) is 199 cm³/mol. The summed E-state index contributed by atoms with van der Waals surface area (Å²) >= 11 is 0. The van der Waals surface area contributed by atoms with Crippen LogP contribution in [0.4, 0.5) is 14.6 Å². The summed E-state index contributed by atoms with van der Waals surface area (Å²) < 4.78 is 50.0. The fourth-order valence-electron chi connectivity index (χ4n) is 8.28. The van der Waals surface area contributed by atoms with Gasteiger partial charge in [-0.2, -0.15) is 5.10 Å².